The number of rotatable bonds is 10. The first kappa shape index (κ1) is 26.7. The van der Waals surface area contributed by atoms with Crippen LogP contribution in [0, 0.1) is 0 Å². The van der Waals surface area contributed by atoms with Gasteiger partial charge in [0, 0.05) is 55.7 Å². The molecule has 2 amide bonds. The van der Waals surface area contributed by atoms with Crippen LogP contribution in [-0.4, -0.2) is 79.5 Å². The molecule has 2 aromatic rings. The summed E-state index contributed by atoms with van der Waals surface area (Å²) in [6.07, 6.45) is 4.41. The van der Waals surface area contributed by atoms with E-state index in [1.165, 1.54) is 30.4 Å². The number of sulfone groups is 1. The average molecular weight is 562 g/mol. The van der Waals surface area contributed by atoms with Gasteiger partial charge in [-0.15, -0.1) is 11.3 Å². The molecular formula is C25H31N5O6S2. The topological polar surface area (TPSA) is 139 Å². The Bertz CT molecular complexity index is 1300. The zero-order valence-corrected chi connectivity index (χ0v) is 22.7. The maximum Gasteiger partial charge on any atom is 0.280 e. The first-order chi connectivity index (χ1) is 18.3. The molecule has 2 aliphatic heterocycles. The lowest BCUT2D eigenvalue weighted by Crippen LogP contribution is -2.35. The van der Waals surface area contributed by atoms with Gasteiger partial charge in [-0.1, -0.05) is 17.3 Å². The van der Waals surface area contributed by atoms with Gasteiger partial charge in [0.25, 0.3) is 5.91 Å². The van der Waals surface area contributed by atoms with Crippen molar-refractivity contribution >= 4 is 43.8 Å². The molecule has 3 fully saturated rings. The molecule has 0 bridgehead atoms. The Kier molecular flexibility index (Phi) is 8.07. The fourth-order valence-corrected chi connectivity index (χ4v) is 7.03. The van der Waals surface area contributed by atoms with Crippen molar-refractivity contribution in [1.82, 2.24) is 15.2 Å². The van der Waals surface area contributed by atoms with Crippen molar-refractivity contribution in [3.05, 3.63) is 40.9 Å². The van der Waals surface area contributed by atoms with Crippen LogP contribution in [-0.2, 0) is 35.5 Å². The van der Waals surface area contributed by atoms with Gasteiger partial charge in [0.05, 0.1) is 23.4 Å². The van der Waals surface area contributed by atoms with Crippen LogP contribution < -0.4 is 10.6 Å². The maximum absolute atomic E-state index is 13.3. The normalized spacial score (nSPS) is 22.4. The molecule has 0 spiro atoms. The Morgan fingerprint density at radius 1 is 1.21 bits per heavy atom. The summed E-state index contributed by atoms with van der Waals surface area (Å²) in [6.45, 7) is 4.80. The highest BCUT2D eigenvalue weighted by Crippen LogP contribution is 2.33. The largest absolute Gasteiger partial charge is 0.389 e. The van der Waals surface area contributed by atoms with Crippen LogP contribution in [0.4, 0.5) is 5.13 Å². The molecule has 2 saturated heterocycles. The van der Waals surface area contributed by atoms with Crippen molar-refractivity contribution < 1.29 is 27.6 Å². The number of oxime groups is 1. The minimum atomic E-state index is -3.34. The lowest BCUT2D eigenvalue weighted by Gasteiger charge is -2.14. The van der Waals surface area contributed by atoms with Gasteiger partial charge in [-0.25, -0.2) is 13.4 Å². The Labute approximate surface area is 225 Å². The van der Waals surface area contributed by atoms with Crippen LogP contribution in [0.5, 0.6) is 0 Å². The molecule has 2 N–H and O–H groups in total. The van der Waals surface area contributed by atoms with E-state index in [-0.39, 0.29) is 33.9 Å². The predicted molar refractivity (Wildman–Crippen MR) is 142 cm³/mol. The number of nitrogens with one attached hydrogen (secondary N) is 2. The average Bonchev–Trinajstić information content (AvgIpc) is 3.22. The third-order valence-electron chi connectivity index (χ3n) is 6.65. The van der Waals surface area contributed by atoms with Gasteiger partial charge in [0.1, 0.15) is 0 Å². The quantitative estimate of drug-likeness (QED) is 0.331. The zero-order valence-electron chi connectivity index (χ0n) is 21.1. The summed E-state index contributed by atoms with van der Waals surface area (Å²) in [5.74, 6) is -0.532. The van der Waals surface area contributed by atoms with E-state index >= 15 is 0 Å². The Balaban J connectivity index is 1.26. The Morgan fingerprint density at radius 3 is 2.68 bits per heavy atom. The summed E-state index contributed by atoms with van der Waals surface area (Å²) in [6, 6.07) is 6.32. The second-order valence-corrected chi connectivity index (χ2v) is 13.2. The van der Waals surface area contributed by atoms with Gasteiger partial charge in [-0.2, -0.15) is 0 Å². The Hall–Kier alpha value is -2.87. The lowest BCUT2D eigenvalue weighted by atomic mass is 10.1. The summed E-state index contributed by atoms with van der Waals surface area (Å²) in [5, 5.41) is 10.0. The third-order valence-corrected chi connectivity index (χ3v) is 9.82. The van der Waals surface area contributed by atoms with Gasteiger partial charge >= 0.3 is 0 Å². The molecule has 13 heteroatoms. The highest BCUT2D eigenvalue weighted by molar-refractivity contribution is 7.92. The van der Waals surface area contributed by atoms with Gasteiger partial charge in [0.2, 0.25) is 5.91 Å². The van der Waals surface area contributed by atoms with Gasteiger partial charge in [-0.05, 0) is 31.4 Å². The number of amides is 2. The van der Waals surface area contributed by atoms with Crippen LogP contribution in [0.1, 0.15) is 43.0 Å². The maximum atomic E-state index is 13.3. The van der Waals surface area contributed by atoms with Crippen molar-refractivity contribution in [2.45, 2.75) is 61.4 Å². The molecular weight excluding hydrogens is 530 g/mol. The van der Waals surface area contributed by atoms with E-state index in [2.05, 4.69) is 25.7 Å². The number of carbonyl (C=O) groups excluding carboxylic acids is 2. The molecule has 1 saturated carbocycles. The molecule has 0 unspecified atom stereocenters. The molecule has 38 heavy (non-hydrogen) atoms. The summed E-state index contributed by atoms with van der Waals surface area (Å²) in [4.78, 5) is 38.0. The molecule has 1 aliphatic carbocycles. The number of likely N-dealkylation sites (tertiary alicyclic amines) is 1. The first-order valence-electron chi connectivity index (χ1n) is 12.7. The summed E-state index contributed by atoms with van der Waals surface area (Å²) >= 11 is 1.37. The van der Waals surface area contributed by atoms with E-state index in [9.17, 15) is 18.0 Å². The number of thiazole rings is 1. The highest BCUT2D eigenvalue weighted by Gasteiger charge is 2.37. The minimum Gasteiger partial charge on any atom is -0.389 e. The highest BCUT2D eigenvalue weighted by atomic mass is 32.2. The van der Waals surface area contributed by atoms with Crippen LogP contribution in [0.3, 0.4) is 0 Å². The van der Waals surface area contributed by atoms with Crippen LogP contribution in [0.2, 0.25) is 0 Å². The third kappa shape index (κ3) is 6.57. The fraction of sp³-hybridized carbons (Fsp3) is 0.520. The van der Waals surface area contributed by atoms with Crippen molar-refractivity contribution in [2.75, 3.05) is 31.6 Å². The number of benzene rings is 1. The predicted octanol–water partition coefficient (Wildman–Crippen LogP) is 1.94. The van der Waals surface area contributed by atoms with E-state index in [4.69, 9.17) is 9.57 Å². The number of anilines is 1. The molecule has 11 nitrogen and oxygen atoms in total. The zero-order chi connectivity index (χ0) is 26.7. The first-order valence-corrected chi connectivity index (χ1v) is 15.1. The smallest absolute Gasteiger partial charge is 0.280 e. The fourth-order valence-electron chi connectivity index (χ4n) is 4.52. The molecule has 3 aliphatic rings. The van der Waals surface area contributed by atoms with Crippen molar-refractivity contribution in [2.24, 2.45) is 5.16 Å². The Morgan fingerprint density at radius 2 is 2.00 bits per heavy atom. The van der Waals surface area contributed by atoms with Crippen molar-refractivity contribution in [1.29, 1.82) is 0 Å². The van der Waals surface area contributed by atoms with E-state index < -0.39 is 15.7 Å². The SMILES string of the molecule is CC(=O)N[C@@H]1CCN(Cc2cnc(NC(=O)/C(=N/O[C@@H]3CCOC3)c3ccc(S(=O)(=O)C4CC4)cc3)s2)C1. The second-order valence-electron chi connectivity index (χ2n) is 9.81. The number of ether oxygens (including phenoxy) is 1. The molecule has 5 rings (SSSR count). The van der Waals surface area contributed by atoms with E-state index in [1.807, 2.05) is 0 Å². The minimum absolute atomic E-state index is 0.0271. The van der Waals surface area contributed by atoms with Gasteiger partial charge in [-0.3, -0.25) is 19.8 Å². The van der Waals surface area contributed by atoms with Gasteiger partial charge < -0.3 is 14.9 Å². The molecule has 3 heterocycles. The number of hydrogen-bond donors (Lipinski definition) is 2. The van der Waals surface area contributed by atoms with Crippen molar-refractivity contribution in [3.63, 3.8) is 0 Å². The van der Waals surface area contributed by atoms with E-state index in [0.717, 1.165) is 24.4 Å². The van der Waals surface area contributed by atoms with Crippen LogP contribution in [0.25, 0.3) is 0 Å². The van der Waals surface area contributed by atoms with E-state index in [0.29, 0.717) is 49.7 Å². The number of carbonyl (C=O) groups is 2. The number of nitrogens with zero attached hydrogens (tertiary/aromatic N) is 3. The number of hydrogen-bond acceptors (Lipinski definition) is 10. The van der Waals surface area contributed by atoms with Crippen LogP contribution >= 0.6 is 11.3 Å². The standard InChI is InChI=1S/C25H31N5O6S2/c1-16(31)27-18-8-10-30(13-18)14-20-12-26-25(37-20)28-24(32)23(29-36-19-9-11-35-15-19)17-2-4-21(5-3-17)38(33,34)22-6-7-22/h2-5,12,18-19,22H,6-11,13-15H2,1H3,(H,27,31)(H,26,28,32)/b29-23+/t18-,19-/m1/s1. The van der Waals surface area contributed by atoms with Gasteiger partial charge in [0.15, 0.2) is 26.8 Å². The molecule has 0 radical (unpaired) electrons. The summed E-state index contributed by atoms with van der Waals surface area (Å²) in [7, 11) is -3.34. The lowest BCUT2D eigenvalue weighted by molar-refractivity contribution is -0.119. The summed E-state index contributed by atoms with van der Waals surface area (Å²) < 4.78 is 30.5. The van der Waals surface area contributed by atoms with Crippen LogP contribution in [0.15, 0.2) is 40.5 Å². The monoisotopic (exact) mass is 561 g/mol. The van der Waals surface area contributed by atoms with Crippen molar-refractivity contribution in [3.8, 4) is 0 Å². The molecule has 1 aromatic carbocycles. The number of aromatic nitrogens is 1. The summed E-state index contributed by atoms with van der Waals surface area (Å²) in [5.41, 5.74) is 0.468. The molecule has 204 valence electrons. The second kappa shape index (κ2) is 11.5. The molecule has 1 aromatic heterocycles. The van der Waals surface area contributed by atoms with E-state index in [1.54, 1.807) is 18.3 Å². The molecule has 2 atom stereocenters.